The van der Waals surface area contributed by atoms with E-state index in [0.29, 0.717) is 5.15 Å². The van der Waals surface area contributed by atoms with Crippen LogP contribution in [0.15, 0.2) is 0 Å². The maximum absolute atomic E-state index is 6.51. The number of thiophene rings is 1. The number of anilines is 1. The standard InChI is InChI=1S/C15H18ClN3OS/c16-13-12-10-4-2-1-3-5-11(10)21-14(12)18-15(17-13)19-6-8-20-9-7-19/h1-9H2. The lowest BCUT2D eigenvalue weighted by molar-refractivity contribution is 0.122. The molecule has 0 saturated carbocycles. The Bertz CT molecular complexity index is 666. The normalized spacial score (nSPS) is 19.6. The van der Waals surface area contributed by atoms with Crippen molar-refractivity contribution in [1.82, 2.24) is 9.97 Å². The molecule has 4 rings (SSSR count). The molecule has 2 aliphatic rings. The lowest BCUT2D eigenvalue weighted by Gasteiger charge is -2.26. The van der Waals surface area contributed by atoms with Crippen LogP contribution in [0.5, 0.6) is 0 Å². The first-order valence-electron chi connectivity index (χ1n) is 7.63. The minimum atomic E-state index is 0.626. The number of ether oxygens (including phenoxy) is 1. The summed E-state index contributed by atoms with van der Waals surface area (Å²) in [6, 6.07) is 0. The molecule has 3 heterocycles. The van der Waals surface area contributed by atoms with E-state index in [1.54, 1.807) is 0 Å². The quantitative estimate of drug-likeness (QED) is 0.595. The topological polar surface area (TPSA) is 38.2 Å². The van der Waals surface area contributed by atoms with Crippen LogP contribution in [-0.2, 0) is 17.6 Å². The Hall–Kier alpha value is -0.910. The highest BCUT2D eigenvalue weighted by atomic mass is 35.5. The molecule has 0 unspecified atom stereocenters. The molecule has 0 bridgehead atoms. The fourth-order valence-corrected chi connectivity index (χ4v) is 4.78. The third-order valence-electron chi connectivity index (χ3n) is 4.30. The van der Waals surface area contributed by atoms with Crippen LogP contribution in [0.4, 0.5) is 5.95 Å². The van der Waals surface area contributed by atoms with Crippen LogP contribution in [0.25, 0.3) is 10.2 Å². The predicted octanol–water partition coefficient (Wildman–Crippen LogP) is 3.45. The van der Waals surface area contributed by atoms with Crippen molar-refractivity contribution in [3.63, 3.8) is 0 Å². The Kier molecular flexibility index (Phi) is 3.73. The number of nitrogens with zero attached hydrogens (tertiary/aromatic N) is 3. The van der Waals surface area contributed by atoms with Crippen molar-refractivity contribution in [3.05, 3.63) is 15.6 Å². The summed E-state index contributed by atoms with van der Waals surface area (Å²) < 4.78 is 5.39. The summed E-state index contributed by atoms with van der Waals surface area (Å²) in [5.41, 5.74) is 1.41. The molecule has 2 aromatic rings. The van der Waals surface area contributed by atoms with Crippen LogP contribution < -0.4 is 4.90 Å². The van der Waals surface area contributed by atoms with Crippen molar-refractivity contribution in [2.75, 3.05) is 31.2 Å². The minimum absolute atomic E-state index is 0.626. The number of morpholine rings is 1. The summed E-state index contributed by atoms with van der Waals surface area (Å²) in [6.45, 7) is 3.15. The maximum atomic E-state index is 6.51. The number of aryl methyl sites for hydroxylation is 2. The van der Waals surface area contributed by atoms with Gasteiger partial charge in [-0.25, -0.2) is 9.97 Å². The van der Waals surface area contributed by atoms with Gasteiger partial charge < -0.3 is 9.64 Å². The van der Waals surface area contributed by atoms with E-state index < -0.39 is 0 Å². The van der Waals surface area contributed by atoms with Crippen LogP contribution in [-0.4, -0.2) is 36.3 Å². The lowest BCUT2D eigenvalue weighted by Crippen LogP contribution is -2.37. The average Bonchev–Trinajstić information content (AvgIpc) is 2.71. The molecular formula is C15H18ClN3OS. The highest BCUT2D eigenvalue weighted by Crippen LogP contribution is 2.38. The molecule has 0 amide bonds. The van der Waals surface area contributed by atoms with Crippen LogP contribution in [0.2, 0.25) is 5.15 Å². The van der Waals surface area contributed by atoms with Gasteiger partial charge in [-0.2, -0.15) is 0 Å². The monoisotopic (exact) mass is 323 g/mol. The molecule has 6 heteroatoms. The van der Waals surface area contributed by atoms with Gasteiger partial charge >= 0.3 is 0 Å². The van der Waals surface area contributed by atoms with Gasteiger partial charge in [-0.3, -0.25) is 0 Å². The fraction of sp³-hybridized carbons (Fsp3) is 0.600. The second kappa shape index (κ2) is 5.71. The van der Waals surface area contributed by atoms with Gasteiger partial charge in [0.15, 0.2) is 0 Å². The van der Waals surface area contributed by atoms with E-state index in [0.717, 1.165) is 48.9 Å². The number of aromatic nitrogens is 2. The lowest BCUT2D eigenvalue weighted by atomic mass is 10.1. The molecule has 1 saturated heterocycles. The Balaban J connectivity index is 1.79. The van der Waals surface area contributed by atoms with Crippen LogP contribution in [0.1, 0.15) is 29.7 Å². The molecule has 1 aliphatic heterocycles. The summed E-state index contributed by atoms with van der Waals surface area (Å²) >= 11 is 8.32. The van der Waals surface area contributed by atoms with Gasteiger partial charge in [0, 0.05) is 18.0 Å². The van der Waals surface area contributed by atoms with Crippen molar-refractivity contribution in [1.29, 1.82) is 0 Å². The zero-order chi connectivity index (χ0) is 14.2. The predicted molar refractivity (Wildman–Crippen MR) is 86.7 cm³/mol. The third-order valence-corrected chi connectivity index (χ3v) is 5.76. The van der Waals surface area contributed by atoms with Crippen LogP contribution >= 0.6 is 22.9 Å². The van der Waals surface area contributed by atoms with Crippen LogP contribution in [0, 0.1) is 0 Å². The van der Waals surface area contributed by atoms with E-state index >= 15 is 0 Å². The van der Waals surface area contributed by atoms with Crippen molar-refractivity contribution in [2.45, 2.75) is 32.1 Å². The van der Waals surface area contributed by atoms with E-state index in [9.17, 15) is 0 Å². The largest absolute Gasteiger partial charge is 0.378 e. The van der Waals surface area contributed by atoms with Gasteiger partial charge in [-0.15, -0.1) is 11.3 Å². The average molecular weight is 324 g/mol. The molecule has 0 aromatic carbocycles. The Morgan fingerprint density at radius 1 is 1.05 bits per heavy atom. The molecule has 1 aliphatic carbocycles. The molecule has 1 fully saturated rings. The Morgan fingerprint density at radius 2 is 1.86 bits per heavy atom. The molecule has 0 spiro atoms. The van der Waals surface area contributed by atoms with E-state index in [2.05, 4.69) is 9.88 Å². The molecule has 0 radical (unpaired) electrons. The molecule has 4 nitrogen and oxygen atoms in total. The third kappa shape index (κ3) is 2.51. The van der Waals surface area contributed by atoms with E-state index in [-0.39, 0.29) is 0 Å². The summed E-state index contributed by atoms with van der Waals surface area (Å²) in [5, 5.41) is 1.73. The highest BCUT2D eigenvalue weighted by Gasteiger charge is 2.22. The fourth-order valence-electron chi connectivity index (χ4n) is 3.18. The van der Waals surface area contributed by atoms with Gasteiger partial charge in [0.2, 0.25) is 5.95 Å². The van der Waals surface area contributed by atoms with Gasteiger partial charge in [0.05, 0.1) is 18.6 Å². The molecule has 0 atom stereocenters. The van der Waals surface area contributed by atoms with Crippen molar-refractivity contribution in [2.24, 2.45) is 0 Å². The van der Waals surface area contributed by atoms with Gasteiger partial charge in [-0.05, 0) is 31.2 Å². The number of fused-ring (bicyclic) bond motifs is 3. The Labute approximate surface area is 133 Å². The first-order chi connectivity index (χ1) is 10.3. The van der Waals surface area contributed by atoms with Crippen molar-refractivity contribution < 1.29 is 4.74 Å². The maximum Gasteiger partial charge on any atom is 0.228 e. The Morgan fingerprint density at radius 3 is 2.71 bits per heavy atom. The van der Waals surface area contributed by atoms with E-state index in [1.165, 1.54) is 36.1 Å². The minimum Gasteiger partial charge on any atom is -0.378 e. The summed E-state index contributed by atoms with van der Waals surface area (Å²) in [7, 11) is 0. The number of halogens is 1. The summed E-state index contributed by atoms with van der Waals surface area (Å²) in [5.74, 6) is 0.757. The smallest absolute Gasteiger partial charge is 0.228 e. The second-order valence-corrected chi connectivity index (χ2v) is 7.10. The van der Waals surface area contributed by atoms with Gasteiger partial charge in [0.1, 0.15) is 9.98 Å². The number of hydrogen-bond donors (Lipinski definition) is 0. The van der Waals surface area contributed by atoms with Crippen LogP contribution in [0.3, 0.4) is 0 Å². The van der Waals surface area contributed by atoms with Crippen molar-refractivity contribution >= 4 is 39.1 Å². The number of rotatable bonds is 1. The van der Waals surface area contributed by atoms with Crippen molar-refractivity contribution in [3.8, 4) is 0 Å². The SMILES string of the molecule is Clc1nc(N2CCOCC2)nc2sc3c(c12)CCCCC3. The summed E-state index contributed by atoms with van der Waals surface area (Å²) in [4.78, 5) is 14.1. The zero-order valence-corrected chi connectivity index (χ0v) is 13.5. The summed E-state index contributed by atoms with van der Waals surface area (Å²) in [6.07, 6.45) is 6.13. The first-order valence-corrected chi connectivity index (χ1v) is 8.83. The van der Waals surface area contributed by atoms with Gasteiger partial charge in [-0.1, -0.05) is 18.0 Å². The molecule has 2 aromatic heterocycles. The van der Waals surface area contributed by atoms with E-state index in [4.69, 9.17) is 21.3 Å². The number of hydrogen-bond acceptors (Lipinski definition) is 5. The molecule has 21 heavy (non-hydrogen) atoms. The molecule has 112 valence electrons. The first kappa shape index (κ1) is 13.7. The van der Waals surface area contributed by atoms with E-state index in [1.807, 2.05) is 11.3 Å². The highest BCUT2D eigenvalue weighted by molar-refractivity contribution is 7.19. The molecular weight excluding hydrogens is 306 g/mol. The molecule has 0 N–H and O–H groups in total. The van der Waals surface area contributed by atoms with Gasteiger partial charge in [0.25, 0.3) is 0 Å². The zero-order valence-electron chi connectivity index (χ0n) is 11.9. The second-order valence-electron chi connectivity index (χ2n) is 5.66.